The van der Waals surface area contributed by atoms with Gasteiger partial charge in [0, 0.05) is 52.6 Å². The second kappa shape index (κ2) is 12.1. The summed E-state index contributed by atoms with van der Waals surface area (Å²) >= 11 is 0. The van der Waals surface area contributed by atoms with Crippen LogP contribution in [0.1, 0.15) is 82.4 Å². The molecule has 1 fully saturated rings. The van der Waals surface area contributed by atoms with Crippen LogP contribution in [0.15, 0.2) is 11.2 Å². The molecule has 1 N–H and O–H groups in total. The minimum absolute atomic E-state index is 0.424. The van der Waals surface area contributed by atoms with Crippen LogP contribution in [0.4, 0.5) is 0 Å². The molecule has 28 heavy (non-hydrogen) atoms. The maximum absolute atomic E-state index is 6.08. The summed E-state index contributed by atoms with van der Waals surface area (Å²) in [5, 5.41) is 8.09. The van der Waals surface area contributed by atoms with E-state index < -0.39 is 0 Å². The first-order chi connectivity index (χ1) is 13.5. The molecule has 0 unspecified atom stereocenters. The predicted octanol–water partition coefficient (Wildman–Crippen LogP) is 4.07. The van der Waals surface area contributed by atoms with Gasteiger partial charge < -0.3 is 15.0 Å². The molecule has 1 aromatic heterocycles. The van der Waals surface area contributed by atoms with Crippen molar-refractivity contribution in [3.8, 4) is 0 Å². The van der Waals surface area contributed by atoms with E-state index in [-0.39, 0.29) is 0 Å². The Morgan fingerprint density at radius 1 is 1.29 bits per heavy atom. The molecule has 0 amide bonds. The molecule has 0 spiro atoms. The number of rotatable bonds is 9. The molecule has 1 aromatic rings. The van der Waals surface area contributed by atoms with Crippen LogP contribution >= 0.6 is 0 Å². The highest BCUT2D eigenvalue weighted by atomic mass is 16.5. The summed E-state index contributed by atoms with van der Waals surface area (Å²) in [6.45, 7) is 7.00. The third-order valence-corrected chi connectivity index (χ3v) is 5.47. The Morgan fingerprint density at radius 2 is 2.00 bits per heavy atom. The second-order valence-electron chi connectivity index (χ2n) is 8.39. The third-order valence-electron chi connectivity index (χ3n) is 5.47. The molecule has 1 heterocycles. The summed E-state index contributed by atoms with van der Waals surface area (Å²) in [5.41, 5.74) is 2.43. The Balaban J connectivity index is 1.67. The largest absolute Gasteiger partial charge is 0.378 e. The zero-order chi connectivity index (χ0) is 20.4. The highest BCUT2D eigenvalue weighted by Crippen LogP contribution is 2.20. The van der Waals surface area contributed by atoms with E-state index in [0.717, 1.165) is 38.5 Å². The van der Waals surface area contributed by atoms with Crippen molar-refractivity contribution in [2.45, 2.75) is 83.8 Å². The first-order valence-electron chi connectivity index (χ1n) is 11.1. The van der Waals surface area contributed by atoms with Crippen molar-refractivity contribution in [2.75, 3.05) is 27.2 Å². The Labute approximate surface area is 171 Å². The first kappa shape index (κ1) is 22.7. The van der Waals surface area contributed by atoms with Crippen LogP contribution in [0.5, 0.6) is 0 Å². The van der Waals surface area contributed by atoms with Crippen molar-refractivity contribution in [3.05, 3.63) is 17.5 Å². The smallest absolute Gasteiger partial charge is 0.193 e. The van der Waals surface area contributed by atoms with E-state index in [9.17, 15) is 0 Å². The maximum Gasteiger partial charge on any atom is 0.193 e. The van der Waals surface area contributed by atoms with Crippen LogP contribution in [-0.4, -0.2) is 54.0 Å². The lowest BCUT2D eigenvalue weighted by Gasteiger charge is -2.22. The van der Waals surface area contributed by atoms with E-state index in [4.69, 9.17) is 4.74 Å². The van der Waals surface area contributed by atoms with E-state index in [1.165, 1.54) is 49.8 Å². The van der Waals surface area contributed by atoms with Gasteiger partial charge in [0.25, 0.3) is 0 Å². The summed E-state index contributed by atoms with van der Waals surface area (Å²) in [4.78, 5) is 6.61. The molecule has 6 heteroatoms. The molecule has 1 aliphatic rings. The van der Waals surface area contributed by atoms with Gasteiger partial charge in [0.05, 0.1) is 11.8 Å². The minimum Gasteiger partial charge on any atom is -0.378 e. The normalized spacial score (nSPS) is 16.4. The van der Waals surface area contributed by atoms with Crippen LogP contribution < -0.4 is 5.32 Å². The molecule has 0 saturated heterocycles. The molecule has 0 aromatic carbocycles. The number of nitrogens with one attached hydrogen (secondary N) is 1. The van der Waals surface area contributed by atoms with Gasteiger partial charge in [-0.15, -0.1) is 0 Å². The number of hydrogen-bond donors (Lipinski definition) is 1. The molecule has 6 nitrogen and oxygen atoms in total. The topological polar surface area (TPSA) is 54.7 Å². The van der Waals surface area contributed by atoms with Crippen LogP contribution in [0, 0.1) is 0 Å². The zero-order valence-corrected chi connectivity index (χ0v) is 18.7. The molecule has 1 aliphatic carbocycles. The van der Waals surface area contributed by atoms with Crippen molar-refractivity contribution < 1.29 is 4.74 Å². The molecule has 0 aliphatic heterocycles. The Morgan fingerprint density at radius 3 is 2.64 bits per heavy atom. The molecule has 160 valence electrons. The summed E-state index contributed by atoms with van der Waals surface area (Å²) in [7, 11) is 5.92. The highest BCUT2D eigenvalue weighted by Gasteiger charge is 2.15. The Kier molecular flexibility index (Phi) is 9.82. The standard InChI is InChI=1S/C22H41N5O/c1-18(2)21-19(17-27(5)25-21)16-26(4)22(23-3)24-14-10-11-15-28-20-12-8-6-7-9-13-20/h17-18,20H,6-16H2,1-5H3,(H,23,24). The lowest BCUT2D eigenvalue weighted by atomic mass is 10.1. The lowest BCUT2D eigenvalue weighted by Crippen LogP contribution is -2.39. The molecule has 0 atom stereocenters. The number of guanidine groups is 1. The van der Waals surface area contributed by atoms with Crippen molar-refractivity contribution in [2.24, 2.45) is 12.0 Å². The molecule has 1 saturated carbocycles. The van der Waals surface area contributed by atoms with Crippen LogP contribution in [-0.2, 0) is 18.3 Å². The SMILES string of the molecule is CN=C(NCCCCOC1CCCCCC1)N(C)Cc1cn(C)nc1C(C)C. The van der Waals surface area contributed by atoms with Gasteiger partial charge in [-0.05, 0) is 31.6 Å². The van der Waals surface area contributed by atoms with Crippen molar-refractivity contribution in [3.63, 3.8) is 0 Å². The molecule has 0 radical (unpaired) electrons. The van der Waals surface area contributed by atoms with E-state index in [2.05, 4.69) is 47.4 Å². The van der Waals surface area contributed by atoms with E-state index in [1.54, 1.807) is 0 Å². The second-order valence-corrected chi connectivity index (χ2v) is 8.39. The fraction of sp³-hybridized carbons (Fsp3) is 0.818. The number of hydrogen-bond acceptors (Lipinski definition) is 3. The van der Waals surface area contributed by atoms with Gasteiger partial charge >= 0.3 is 0 Å². The van der Waals surface area contributed by atoms with Crippen molar-refractivity contribution in [1.29, 1.82) is 0 Å². The number of unbranched alkanes of at least 4 members (excludes halogenated alkanes) is 1. The average molecular weight is 392 g/mol. The van der Waals surface area contributed by atoms with Gasteiger partial charge in [-0.1, -0.05) is 39.5 Å². The van der Waals surface area contributed by atoms with E-state index in [1.807, 2.05) is 18.8 Å². The maximum atomic E-state index is 6.08. The van der Waals surface area contributed by atoms with Gasteiger partial charge in [-0.25, -0.2) is 0 Å². The van der Waals surface area contributed by atoms with Gasteiger partial charge in [-0.3, -0.25) is 9.67 Å². The number of aromatic nitrogens is 2. The highest BCUT2D eigenvalue weighted by molar-refractivity contribution is 5.79. The van der Waals surface area contributed by atoms with Crippen molar-refractivity contribution in [1.82, 2.24) is 20.0 Å². The fourth-order valence-corrected chi connectivity index (χ4v) is 3.96. The van der Waals surface area contributed by atoms with Crippen molar-refractivity contribution >= 4 is 5.96 Å². The Bertz CT molecular complexity index is 588. The number of ether oxygens (including phenoxy) is 1. The molecular weight excluding hydrogens is 350 g/mol. The monoisotopic (exact) mass is 391 g/mol. The summed E-state index contributed by atoms with van der Waals surface area (Å²) in [6, 6.07) is 0. The first-order valence-corrected chi connectivity index (χ1v) is 11.1. The van der Waals surface area contributed by atoms with Gasteiger partial charge in [0.15, 0.2) is 5.96 Å². The summed E-state index contributed by atoms with van der Waals surface area (Å²) in [5.74, 6) is 1.36. The van der Waals surface area contributed by atoms with Crippen LogP contribution in [0.2, 0.25) is 0 Å². The number of aliphatic imine (C=N–C) groups is 1. The quantitative estimate of drug-likeness (QED) is 0.298. The molecule has 0 bridgehead atoms. The average Bonchev–Trinajstić information content (AvgIpc) is 2.86. The summed E-state index contributed by atoms with van der Waals surface area (Å²) < 4.78 is 7.99. The van der Waals surface area contributed by atoms with Crippen LogP contribution in [0.3, 0.4) is 0 Å². The van der Waals surface area contributed by atoms with Gasteiger partial charge in [-0.2, -0.15) is 5.10 Å². The van der Waals surface area contributed by atoms with Gasteiger partial charge in [0.2, 0.25) is 0 Å². The third kappa shape index (κ3) is 7.46. The Hall–Kier alpha value is -1.56. The number of aryl methyl sites for hydroxylation is 1. The summed E-state index contributed by atoms with van der Waals surface area (Å²) in [6.07, 6.45) is 12.8. The molecule has 2 rings (SSSR count). The van der Waals surface area contributed by atoms with Gasteiger partial charge in [0.1, 0.15) is 0 Å². The molecular formula is C22H41N5O. The zero-order valence-electron chi connectivity index (χ0n) is 18.7. The van der Waals surface area contributed by atoms with Crippen LogP contribution in [0.25, 0.3) is 0 Å². The fourth-order valence-electron chi connectivity index (χ4n) is 3.96. The van der Waals surface area contributed by atoms with E-state index in [0.29, 0.717) is 12.0 Å². The minimum atomic E-state index is 0.424. The predicted molar refractivity (Wildman–Crippen MR) is 117 cm³/mol. The number of nitrogens with zero attached hydrogens (tertiary/aromatic N) is 4. The lowest BCUT2D eigenvalue weighted by molar-refractivity contribution is 0.0411. The van der Waals surface area contributed by atoms with E-state index >= 15 is 0 Å².